The Morgan fingerprint density at radius 1 is 0.853 bits per heavy atom. The van der Waals surface area contributed by atoms with Crippen molar-refractivity contribution in [3.05, 3.63) is 78.9 Å². The molecule has 2 heterocycles. The Kier molecular flexibility index (Phi) is 5.16. The van der Waals surface area contributed by atoms with Crippen LogP contribution in [0.2, 0.25) is 10.0 Å². The number of aromatic nitrogens is 2. The van der Waals surface area contributed by atoms with Crippen LogP contribution >= 0.6 is 34.5 Å². The molecule has 1 aliphatic rings. The van der Waals surface area contributed by atoms with E-state index in [0.29, 0.717) is 4.88 Å². The molecule has 0 N–H and O–H groups in total. The quantitative estimate of drug-likeness (QED) is 0.0948. The number of hydrogen-bond acceptors (Lipinski definition) is 4. The van der Waals surface area contributed by atoms with E-state index in [9.17, 15) is 31.5 Å². The van der Waals surface area contributed by atoms with E-state index in [-0.39, 0.29) is 37.1 Å². The minimum Gasteiger partial charge on any atom is -0.326 e. The fraction of sp³-hybridized carbons (Fsp3) is 0.0455. The summed E-state index contributed by atoms with van der Waals surface area (Å²) in [7, 11) is 1.33. The van der Waals surface area contributed by atoms with E-state index in [0.717, 1.165) is 15.9 Å². The lowest BCUT2D eigenvalue weighted by Crippen LogP contribution is -2.06. The maximum absolute atomic E-state index is 14.3. The van der Waals surface area contributed by atoms with Gasteiger partial charge in [0.2, 0.25) is 5.82 Å². The standard InChI is InChI=1S/C22H7Cl2F5N2O2S/c1-31-12-3-6(2-9-19(32)7-4-10(23)11(24)5-8(7)20(9)33)34-22(12)30-21(31)13-14(25)16(27)18(29)17(28)15(13)26/h2-5H,1H3. The highest BCUT2D eigenvalue weighted by Gasteiger charge is 2.34. The summed E-state index contributed by atoms with van der Waals surface area (Å²) in [5.74, 6) is -12.0. The smallest absolute Gasteiger partial charge is 0.200 e. The number of allylic oxidation sites excluding steroid dienone is 1. The van der Waals surface area contributed by atoms with Gasteiger partial charge >= 0.3 is 0 Å². The van der Waals surface area contributed by atoms with E-state index < -0.39 is 52.0 Å². The topological polar surface area (TPSA) is 52.0 Å². The summed E-state index contributed by atoms with van der Waals surface area (Å²) in [6.07, 6.45) is 1.33. The van der Waals surface area contributed by atoms with Crippen LogP contribution in [-0.2, 0) is 7.05 Å². The second-order valence-corrected chi connectivity index (χ2v) is 9.18. The maximum Gasteiger partial charge on any atom is 0.200 e. The van der Waals surface area contributed by atoms with Crippen molar-refractivity contribution in [1.82, 2.24) is 9.55 Å². The first-order chi connectivity index (χ1) is 16.0. The molecule has 0 saturated heterocycles. The van der Waals surface area contributed by atoms with Gasteiger partial charge in [0.25, 0.3) is 0 Å². The molecule has 12 heteroatoms. The van der Waals surface area contributed by atoms with Gasteiger partial charge in [-0.05, 0) is 24.3 Å². The number of fused-ring (bicyclic) bond motifs is 2. The lowest BCUT2D eigenvalue weighted by atomic mass is 10.1. The van der Waals surface area contributed by atoms with Gasteiger partial charge in [-0.25, -0.2) is 26.9 Å². The number of halogens is 7. The first-order valence-corrected chi connectivity index (χ1v) is 10.9. The average molecular weight is 529 g/mol. The predicted octanol–water partition coefficient (Wildman–Crippen LogP) is 6.77. The highest BCUT2D eigenvalue weighted by atomic mass is 35.5. The molecule has 0 bridgehead atoms. The summed E-state index contributed by atoms with van der Waals surface area (Å²) in [5, 5.41) is 0.240. The molecule has 172 valence electrons. The SMILES string of the molecule is Cn1c(-c2c(F)c(F)c(F)c(F)c2F)nc2sc(C=C3C(=O)c4cc(Cl)c(Cl)cc4C3=O)cc21. The predicted molar refractivity (Wildman–Crippen MR) is 117 cm³/mol. The van der Waals surface area contributed by atoms with Crippen molar-refractivity contribution < 1.29 is 31.5 Å². The lowest BCUT2D eigenvalue weighted by Gasteiger charge is -2.08. The zero-order valence-corrected chi connectivity index (χ0v) is 18.9. The van der Waals surface area contributed by atoms with Gasteiger partial charge in [0.05, 0.1) is 26.7 Å². The molecule has 0 saturated carbocycles. The third kappa shape index (κ3) is 3.13. The van der Waals surface area contributed by atoms with E-state index >= 15 is 0 Å². The number of Topliss-reactive ketones (excluding diaryl/α,β-unsaturated/α-hetero) is 2. The van der Waals surface area contributed by atoms with E-state index in [1.807, 2.05) is 0 Å². The van der Waals surface area contributed by atoms with Gasteiger partial charge < -0.3 is 4.57 Å². The molecule has 2 aromatic heterocycles. The third-order valence-electron chi connectivity index (χ3n) is 5.36. The monoisotopic (exact) mass is 528 g/mol. The number of carbonyl (C=O) groups is 2. The molecule has 0 fully saturated rings. The Balaban J connectivity index is 1.60. The van der Waals surface area contributed by atoms with Crippen LogP contribution in [-0.4, -0.2) is 21.1 Å². The second-order valence-electron chi connectivity index (χ2n) is 7.31. The number of ketones is 2. The molecule has 0 amide bonds. The van der Waals surface area contributed by atoms with Crippen molar-refractivity contribution in [2.24, 2.45) is 7.05 Å². The van der Waals surface area contributed by atoms with Crippen LogP contribution in [0.25, 0.3) is 27.8 Å². The highest BCUT2D eigenvalue weighted by Crippen LogP contribution is 2.38. The molecule has 0 spiro atoms. The van der Waals surface area contributed by atoms with Crippen molar-refractivity contribution in [3.63, 3.8) is 0 Å². The van der Waals surface area contributed by atoms with Gasteiger partial charge in [-0.1, -0.05) is 23.2 Å². The molecule has 5 rings (SSSR count). The normalized spacial score (nSPS) is 13.4. The van der Waals surface area contributed by atoms with Gasteiger partial charge in [-0.3, -0.25) is 9.59 Å². The fourth-order valence-electron chi connectivity index (χ4n) is 3.68. The molecule has 0 atom stereocenters. The zero-order valence-electron chi connectivity index (χ0n) is 16.6. The number of imidazole rings is 1. The number of aryl methyl sites for hydroxylation is 1. The lowest BCUT2D eigenvalue weighted by molar-refractivity contribution is 0.0990. The van der Waals surface area contributed by atoms with E-state index in [1.54, 1.807) is 0 Å². The summed E-state index contributed by atoms with van der Waals surface area (Å²) in [5.41, 5.74) is -0.790. The Hall–Kier alpha value is -3.08. The van der Waals surface area contributed by atoms with Gasteiger partial charge in [0.15, 0.2) is 34.8 Å². The van der Waals surface area contributed by atoms with Crippen LogP contribution in [0, 0.1) is 29.1 Å². The Bertz CT molecular complexity index is 1570. The van der Waals surface area contributed by atoms with Crippen LogP contribution in [0.5, 0.6) is 0 Å². The number of thiophene rings is 1. The largest absolute Gasteiger partial charge is 0.326 e. The molecular weight excluding hydrogens is 522 g/mol. The van der Waals surface area contributed by atoms with Crippen molar-refractivity contribution in [3.8, 4) is 11.4 Å². The van der Waals surface area contributed by atoms with Crippen molar-refractivity contribution in [2.75, 3.05) is 0 Å². The maximum atomic E-state index is 14.3. The first-order valence-electron chi connectivity index (χ1n) is 9.29. The highest BCUT2D eigenvalue weighted by molar-refractivity contribution is 7.19. The Labute approximate surface area is 200 Å². The number of hydrogen-bond donors (Lipinski definition) is 0. The van der Waals surface area contributed by atoms with Crippen molar-refractivity contribution in [2.45, 2.75) is 0 Å². The summed E-state index contributed by atoms with van der Waals surface area (Å²) in [6.45, 7) is 0. The van der Waals surface area contributed by atoms with E-state index in [4.69, 9.17) is 23.2 Å². The van der Waals surface area contributed by atoms with Crippen LogP contribution in [0.3, 0.4) is 0 Å². The molecule has 2 aromatic carbocycles. The summed E-state index contributed by atoms with van der Waals surface area (Å²) >= 11 is 12.8. The van der Waals surface area contributed by atoms with Gasteiger partial charge in [-0.15, -0.1) is 11.3 Å². The molecule has 4 aromatic rings. The minimum atomic E-state index is -2.27. The van der Waals surface area contributed by atoms with Crippen molar-refractivity contribution in [1.29, 1.82) is 0 Å². The molecule has 0 radical (unpaired) electrons. The van der Waals surface area contributed by atoms with Gasteiger partial charge in [-0.2, -0.15) is 0 Å². The second kappa shape index (κ2) is 7.72. The van der Waals surface area contributed by atoms with Crippen LogP contribution in [0.15, 0.2) is 23.8 Å². The summed E-state index contributed by atoms with van der Waals surface area (Å²) in [4.78, 5) is 30.0. The van der Waals surface area contributed by atoms with E-state index in [1.165, 1.54) is 31.3 Å². The number of carbonyl (C=O) groups excluding carboxylic acids is 2. The molecule has 34 heavy (non-hydrogen) atoms. The first kappa shape index (κ1) is 22.7. The third-order valence-corrected chi connectivity index (χ3v) is 7.05. The zero-order chi connectivity index (χ0) is 24.6. The molecular formula is C22H7Cl2F5N2O2S. The summed E-state index contributed by atoms with van der Waals surface area (Å²) in [6, 6.07) is 4.09. The Morgan fingerprint density at radius 2 is 1.35 bits per heavy atom. The Morgan fingerprint density at radius 3 is 1.85 bits per heavy atom. The molecule has 1 aliphatic carbocycles. The van der Waals surface area contributed by atoms with Crippen molar-refractivity contribution >= 4 is 62.5 Å². The molecule has 0 unspecified atom stereocenters. The summed E-state index contributed by atoms with van der Waals surface area (Å²) < 4.78 is 70.3. The minimum absolute atomic E-state index is 0.110. The van der Waals surface area contributed by atoms with Crippen LogP contribution < -0.4 is 0 Å². The average Bonchev–Trinajstić information content (AvgIpc) is 3.40. The van der Waals surface area contributed by atoms with E-state index in [2.05, 4.69) is 4.98 Å². The van der Waals surface area contributed by atoms with Gasteiger partial charge in [0.1, 0.15) is 10.7 Å². The fourth-order valence-corrected chi connectivity index (χ4v) is 5.01. The van der Waals surface area contributed by atoms with Crippen LogP contribution in [0.4, 0.5) is 22.0 Å². The molecule has 4 nitrogen and oxygen atoms in total. The molecule has 0 aliphatic heterocycles. The van der Waals surface area contributed by atoms with Gasteiger partial charge in [0, 0.05) is 23.1 Å². The number of rotatable bonds is 2. The number of nitrogens with zero attached hydrogens (tertiary/aromatic N) is 2. The number of benzene rings is 2. The van der Waals surface area contributed by atoms with Crippen LogP contribution in [0.1, 0.15) is 25.6 Å².